The molecule has 1 heterocycles. The maximum absolute atomic E-state index is 11.8. The molecule has 6 heteroatoms. The van der Waals surface area contributed by atoms with Gasteiger partial charge in [0.15, 0.2) is 0 Å². The van der Waals surface area contributed by atoms with Gasteiger partial charge in [0.25, 0.3) is 0 Å². The number of nitrogens with two attached hydrogens (primary N) is 1. The maximum Gasteiger partial charge on any atom is 0.238 e. The highest BCUT2D eigenvalue weighted by molar-refractivity contribution is 5.85. The number of nitrogens with zero attached hydrogens (tertiary/aromatic N) is 2. The molecule has 1 unspecified atom stereocenters. The normalized spacial score (nSPS) is 18.5. The van der Waals surface area contributed by atoms with Crippen LogP contribution >= 0.6 is 12.4 Å². The van der Waals surface area contributed by atoms with Crippen molar-refractivity contribution in [1.82, 2.24) is 9.80 Å². The Morgan fingerprint density at radius 2 is 1.92 bits per heavy atom. The largest absolute Gasteiger partial charge is 0.387 e. The molecule has 0 spiro atoms. The van der Waals surface area contributed by atoms with Gasteiger partial charge in [-0.1, -0.05) is 30.3 Å². The third kappa shape index (κ3) is 6.06. The fourth-order valence-corrected chi connectivity index (χ4v) is 3.20. The lowest BCUT2D eigenvalue weighted by molar-refractivity contribution is -0.131. The average molecular weight is 356 g/mol. The van der Waals surface area contributed by atoms with Gasteiger partial charge in [-0.3, -0.25) is 4.79 Å². The first-order chi connectivity index (χ1) is 11.0. The Morgan fingerprint density at radius 3 is 2.46 bits per heavy atom. The van der Waals surface area contributed by atoms with Gasteiger partial charge in [-0.25, -0.2) is 0 Å². The van der Waals surface area contributed by atoms with Gasteiger partial charge in [-0.15, -0.1) is 12.4 Å². The molecule has 0 aliphatic carbocycles. The third-order valence-corrected chi connectivity index (χ3v) is 4.62. The molecule has 2 rings (SSSR count). The Hall–Kier alpha value is -1.14. The molecule has 1 aliphatic rings. The van der Waals surface area contributed by atoms with Crippen molar-refractivity contribution in [2.24, 2.45) is 11.7 Å². The lowest BCUT2D eigenvalue weighted by atomic mass is 9.95. The van der Waals surface area contributed by atoms with E-state index in [-0.39, 0.29) is 18.3 Å². The van der Waals surface area contributed by atoms with E-state index >= 15 is 0 Å². The summed E-state index contributed by atoms with van der Waals surface area (Å²) >= 11 is 0. The SMILES string of the molecule is C[C@@H](N)C(=O)N(C)CC1CCN(CC(O)c2ccccc2)CC1.Cl. The van der Waals surface area contributed by atoms with Crippen molar-refractivity contribution < 1.29 is 9.90 Å². The molecule has 0 aromatic heterocycles. The van der Waals surface area contributed by atoms with Crippen LogP contribution in [0, 0.1) is 5.92 Å². The summed E-state index contributed by atoms with van der Waals surface area (Å²) in [6.45, 7) is 5.11. The zero-order valence-electron chi connectivity index (χ0n) is 14.6. The highest BCUT2D eigenvalue weighted by Gasteiger charge is 2.24. The smallest absolute Gasteiger partial charge is 0.238 e. The molecule has 5 nitrogen and oxygen atoms in total. The van der Waals surface area contributed by atoms with Crippen LogP contribution in [-0.2, 0) is 4.79 Å². The minimum atomic E-state index is -0.435. The summed E-state index contributed by atoms with van der Waals surface area (Å²) < 4.78 is 0. The molecular weight excluding hydrogens is 326 g/mol. The third-order valence-electron chi connectivity index (χ3n) is 4.62. The number of halogens is 1. The highest BCUT2D eigenvalue weighted by atomic mass is 35.5. The number of hydrogen-bond acceptors (Lipinski definition) is 4. The van der Waals surface area contributed by atoms with Crippen LogP contribution < -0.4 is 5.73 Å². The fraction of sp³-hybridized carbons (Fsp3) is 0.611. The Morgan fingerprint density at radius 1 is 1.33 bits per heavy atom. The van der Waals surface area contributed by atoms with E-state index < -0.39 is 12.1 Å². The Labute approximate surface area is 151 Å². The summed E-state index contributed by atoms with van der Waals surface area (Å²) in [5, 5.41) is 10.3. The van der Waals surface area contributed by atoms with Gasteiger partial charge in [-0.2, -0.15) is 0 Å². The highest BCUT2D eigenvalue weighted by Crippen LogP contribution is 2.21. The number of amides is 1. The van der Waals surface area contributed by atoms with E-state index in [1.54, 1.807) is 11.8 Å². The first kappa shape index (κ1) is 20.9. The Balaban J connectivity index is 0.00000288. The van der Waals surface area contributed by atoms with E-state index in [1.165, 1.54) is 0 Å². The Bertz CT molecular complexity index is 490. The van der Waals surface area contributed by atoms with Crippen LogP contribution in [0.1, 0.15) is 31.4 Å². The van der Waals surface area contributed by atoms with E-state index in [4.69, 9.17) is 5.73 Å². The summed E-state index contributed by atoms with van der Waals surface area (Å²) in [6.07, 6.45) is 1.67. The molecule has 136 valence electrons. The molecule has 1 aromatic carbocycles. The fourth-order valence-electron chi connectivity index (χ4n) is 3.20. The molecule has 1 aromatic rings. The van der Waals surface area contributed by atoms with Crippen molar-refractivity contribution >= 4 is 18.3 Å². The zero-order chi connectivity index (χ0) is 16.8. The van der Waals surface area contributed by atoms with Crippen LogP contribution in [-0.4, -0.2) is 60.1 Å². The van der Waals surface area contributed by atoms with Crippen molar-refractivity contribution in [2.75, 3.05) is 33.2 Å². The summed E-state index contributed by atoms with van der Waals surface area (Å²) in [5.74, 6) is 0.528. The lowest BCUT2D eigenvalue weighted by Gasteiger charge is -2.35. The predicted molar refractivity (Wildman–Crippen MR) is 99.1 cm³/mol. The van der Waals surface area contributed by atoms with Gasteiger partial charge in [0.2, 0.25) is 5.91 Å². The van der Waals surface area contributed by atoms with Crippen molar-refractivity contribution in [1.29, 1.82) is 0 Å². The van der Waals surface area contributed by atoms with E-state index in [1.807, 2.05) is 37.4 Å². The number of β-amino-alcohol motifs (C(OH)–C–C–N with tert-alkyl or cyclic N) is 1. The first-order valence-corrected chi connectivity index (χ1v) is 8.43. The molecule has 0 bridgehead atoms. The topological polar surface area (TPSA) is 69.8 Å². The minimum Gasteiger partial charge on any atom is -0.387 e. The number of carbonyl (C=O) groups excluding carboxylic acids is 1. The summed E-state index contributed by atoms with van der Waals surface area (Å²) in [5.41, 5.74) is 6.62. The number of piperidine rings is 1. The second-order valence-electron chi connectivity index (χ2n) is 6.68. The molecule has 0 saturated carbocycles. The molecule has 2 atom stereocenters. The van der Waals surface area contributed by atoms with Crippen LogP contribution in [0.15, 0.2) is 30.3 Å². The number of aliphatic hydroxyl groups excluding tert-OH is 1. The summed E-state index contributed by atoms with van der Waals surface area (Å²) in [6, 6.07) is 9.37. The van der Waals surface area contributed by atoms with Crippen LogP contribution in [0.4, 0.5) is 0 Å². The molecule has 1 amide bonds. The number of likely N-dealkylation sites (tertiary alicyclic amines) is 1. The van der Waals surface area contributed by atoms with Crippen LogP contribution in [0.25, 0.3) is 0 Å². The van der Waals surface area contributed by atoms with E-state index in [0.717, 1.165) is 38.0 Å². The van der Waals surface area contributed by atoms with Crippen molar-refractivity contribution in [3.8, 4) is 0 Å². The molecule has 1 aliphatic heterocycles. The van der Waals surface area contributed by atoms with Gasteiger partial charge >= 0.3 is 0 Å². The molecule has 0 radical (unpaired) electrons. The van der Waals surface area contributed by atoms with Gasteiger partial charge in [-0.05, 0) is 44.3 Å². The lowest BCUT2D eigenvalue weighted by Crippen LogP contribution is -2.44. The van der Waals surface area contributed by atoms with E-state index in [2.05, 4.69) is 4.90 Å². The number of rotatable bonds is 6. The van der Waals surface area contributed by atoms with Crippen molar-refractivity contribution in [3.05, 3.63) is 35.9 Å². The van der Waals surface area contributed by atoms with Gasteiger partial charge in [0, 0.05) is 20.1 Å². The molecule has 1 fully saturated rings. The number of carbonyl (C=O) groups is 1. The maximum atomic E-state index is 11.8. The van der Waals surface area contributed by atoms with Crippen LogP contribution in [0.2, 0.25) is 0 Å². The van der Waals surface area contributed by atoms with Crippen molar-refractivity contribution in [3.63, 3.8) is 0 Å². The van der Waals surface area contributed by atoms with Gasteiger partial charge in [0.1, 0.15) is 0 Å². The molecule has 3 N–H and O–H groups in total. The summed E-state index contributed by atoms with van der Waals surface area (Å²) in [7, 11) is 1.83. The summed E-state index contributed by atoms with van der Waals surface area (Å²) in [4.78, 5) is 15.9. The molecule has 1 saturated heterocycles. The Kier molecular flexibility index (Phi) is 8.70. The first-order valence-electron chi connectivity index (χ1n) is 8.43. The molecule has 24 heavy (non-hydrogen) atoms. The van der Waals surface area contributed by atoms with E-state index in [0.29, 0.717) is 12.5 Å². The monoisotopic (exact) mass is 355 g/mol. The van der Waals surface area contributed by atoms with E-state index in [9.17, 15) is 9.90 Å². The van der Waals surface area contributed by atoms with Gasteiger partial charge in [0.05, 0.1) is 12.1 Å². The number of likely N-dealkylation sites (N-methyl/N-ethyl adjacent to an activating group) is 1. The predicted octanol–water partition coefficient (Wildman–Crippen LogP) is 1.66. The van der Waals surface area contributed by atoms with Gasteiger partial charge < -0.3 is 20.6 Å². The molecular formula is C18H30ClN3O2. The quantitative estimate of drug-likeness (QED) is 0.814. The zero-order valence-corrected chi connectivity index (χ0v) is 15.4. The van der Waals surface area contributed by atoms with Crippen molar-refractivity contribution in [2.45, 2.75) is 31.9 Å². The number of benzene rings is 1. The average Bonchev–Trinajstić information content (AvgIpc) is 2.56. The van der Waals surface area contributed by atoms with Crippen LogP contribution in [0.3, 0.4) is 0 Å². The second-order valence-corrected chi connectivity index (χ2v) is 6.68. The van der Waals surface area contributed by atoms with Crippen LogP contribution in [0.5, 0.6) is 0 Å². The second kappa shape index (κ2) is 9.99. The standard InChI is InChI=1S/C18H29N3O2.ClH/c1-14(19)18(23)20(2)12-15-8-10-21(11-9-15)13-17(22)16-6-4-3-5-7-16;/h3-7,14-15,17,22H,8-13,19H2,1-2H3;1H/t14-,17?;/m1./s1. The number of aliphatic hydroxyl groups is 1. The minimum absolute atomic E-state index is 0. The number of hydrogen-bond donors (Lipinski definition) is 2.